The number of benzene rings is 1. The molecule has 2 N–H and O–H groups in total. The van der Waals surface area contributed by atoms with E-state index in [4.69, 9.17) is 4.98 Å². The highest BCUT2D eigenvalue weighted by Crippen LogP contribution is 2.27. The lowest BCUT2D eigenvalue weighted by Gasteiger charge is -2.27. The van der Waals surface area contributed by atoms with Crippen molar-refractivity contribution in [2.45, 2.75) is 42.7 Å². The first-order valence-electron chi connectivity index (χ1n) is 10.9. The number of aliphatic hydroxyl groups is 1. The van der Waals surface area contributed by atoms with E-state index in [9.17, 15) is 9.90 Å². The van der Waals surface area contributed by atoms with Crippen LogP contribution in [0.1, 0.15) is 36.0 Å². The Morgan fingerprint density at radius 3 is 2.35 bits per heavy atom. The minimum atomic E-state index is -0.237. The predicted molar refractivity (Wildman–Crippen MR) is 129 cm³/mol. The second-order valence-electron chi connectivity index (χ2n) is 8.50. The number of aliphatic hydroxyl groups excluding tert-OH is 1. The summed E-state index contributed by atoms with van der Waals surface area (Å²) in [7, 11) is 6.06. The molecular formula is C24H34N4O2S. The Labute approximate surface area is 190 Å². The predicted octanol–water partition coefficient (Wildman–Crippen LogP) is 3.50. The molecule has 31 heavy (non-hydrogen) atoms. The van der Waals surface area contributed by atoms with E-state index in [1.165, 1.54) is 4.90 Å². The summed E-state index contributed by atoms with van der Waals surface area (Å²) < 4.78 is 0. The molecule has 1 fully saturated rings. The Morgan fingerprint density at radius 2 is 1.74 bits per heavy atom. The van der Waals surface area contributed by atoms with Gasteiger partial charge in [0, 0.05) is 36.6 Å². The molecule has 0 radical (unpaired) electrons. The van der Waals surface area contributed by atoms with E-state index >= 15 is 0 Å². The lowest BCUT2D eigenvalue weighted by Crippen LogP contribution is -2.39. The summed E-state index contributed by atoms with van der Waals surface area (Å²) in [6.45, 7) is 1.64. The van der Waals surface area contributed by atoms with Crippen molar-refractivity contribution in [1.29, 1.82) is 0 Å². The average Bonchev–Trinajstić information content (AvgIpc) is 2.78. The zero-order valence-electron chi connectivity index (χ0n) is 19.0. The molecule has 0 bridgehead atoms. The number of carbonyl (C=O) groups excluding carboxylic acids is 1. The summed E-state index contributed by atoms with van der Waals surface area (Å²) in [6, 6.07) is 12.3. The number of nitrogens with zero attached hydrogens (tertiary/aromatic N) is 3. The highest BCUT2D eigenvalue weighted by molar-refractivity contribution is 7.98. The van der Waals surface area contributed by atoms with Crippen LogP contribution in [-0.4, -0.2) is 73.5 Å². The first-order chi connectivity index (χ1) is 14.9. The maximum Gasteiger partial charge on any atom is 0.255 e. The number of amides is 1. The molecule has 1 aliphatic rings. The van der Waals surface area contributed by atoms with Crippen LogP contribution < -0.4 is 10.2 Å². The monoisotopic (exact) mass is 442 g/mol. The third kappa shape index (κ3) is 6.45. The van der Waals surface area contributed by atoms with Gasteiger partial charge in [-0.15, -0.1) is 11.8 Å². The van der Waals surface area contributed by atoms with Gasteiger partial charge in [0.1, 0.15) is 5.82 Å². The molecule has 0 saturated heterocycles. The fourth-order valence-corrected chi connectivity index (χ4v) is 4.19. The Kier molecular flexibility index (Phi) is 8.35. The lowest BCUT2D eigenvalue weighted by molar-refractivity contribution is 0.0868. The van der Waals surface area contributed by atoms with E-state index in [0.29, 0.717) is 11.4 Å². The standard InChI is InChI=1S/C24H34N4O2S/c1-27(2)15-16-28(3)23-21(24(30)25-18-7-9-19(29)10-8-18)13-14-22(26-23)17-5-11-20(31-4)12-6-17/h5-6,11-14,18-19,29H,7-10,15-16H2,1-4H3,(H,25,30). The van der Waals surface area contributed by atoms with Gasteiger partial charge < -0.3 is 20.2 Å². The van der Waals surface area contributed by atoms with Crippen molar-refractivity contribution < 1.29 is 9.90 Å². The molecule has 1 amide bonds. The van der Waals surface area contributed by atoms with E-state index < -0.39 is 0 Å². The molecular weight excluding hydrogens is 408 g/mol. The van der Waals surface area contributed by atoms with Gasteiger partial charge in [0.15, 0.2) is 0 Å². The molecule has 0 aliphatic heterocycles. The number of pyridine rings is 1. The number of anilines is 1. The number of hydrogen-bond acceptors (Lipinski definition) is 6. The Balaban J connectivity index is 1.86. The van der Waals surface area contributed by atoms with Gasteiger partial charge in [-0.1, -0.05) is 12.1 Å². The van der Waals surface area contributed by atoms with Crippen LogP contribution in [0.25, 0.3) is 11.3 Å². The van der Waals surface area contributed by atoms with Gasteiger partial charge in [0.25, 0.3) is 5.91 Å². The van der Waals surface area contributed by atoms with Gasteiger partial charge in [-0.25, -0.2) is 4.98 Å². The van der Waals surface area contributed by atoms with Crippen LogP contribution >= 0.6 is 11.8 Å². The number of likely N-dealkylation sites (N-methyl/N-ethyl adjacent to an activating group) is 2. The molecule has 0 unspecified atom stereocenters. The minimum absolute atomic E-state index is 0.0927. The molecule has 168 valence electrons. The average molecular weight is 443 g/mol. The number of carbonyl (C=O) groups is 1. The third-order valence-electron chi connectivity index (χ3n) is 5.78. The van der Waals surface area contributed by atoms with Crippen LogP contribution in [0.2, 0.25) is 0 Å². The largest absolute Gasteiger partial charge is 0.393 e. The van der Waals surface area contributed by atoms with Gasteiger partial charge in [-0.2, -0.15) is 0 Å². The quantitative estimate of drug-likeness (QED) is 0.610. The second-order valence-corrected chi connectivity index (χ2v) is 9.38. The van der Waals surface area contributed by atoms with Crippen molar-refractivity contribution in [3.63, 3.8) is 0 Å². The van der Waals surface area contributed by atoms with Crippen molar-refractivity contribution >= 4 is 23.5 Å². The summed E-state index contributed by atoms with van der Waals surface area (Å²) in [5.74, 6) is 0.603. The number of thioether (sulfide) groups is 1. The van der Waals surface area contributed by atoms with Crippen LogP contribution in [0, 0.1) is 0 Å². The Morgan fingerprint density at radius 1 is 1.06 bits per heavy atom. The lowest BCUT2D eigenvalue weighted by atomic mass is 9.93. The smallest absolute Gasteiger partial charge is 0.255 e. The topological polar surface area (TPSA) is 68.7 Å². The summed E-state index contributed by atoms with van der Waals surface area (Å²) in [4.78, 5) is 23.4. The summed E-state index contributed by atoms with van der Waals surface area (Å²) in [5.41, 5.74) is 2.49. The second kappa shape index (κ2) is 11.0. The molecule has 1 saturated carbocycles. The number of hydrogen-bond donors (Lipinski definition) is 2. The maximum atomic E-state index is 13.1. The molecule has 1 aromatic carbocycles. The molecule has 1 aromatic heterocycles. The van der Waals surface area contributed by atoms with Crippen molar-refractivity contribution in [3.05, 3.63) is 42.0 Å². The van der Waals surface area contributed by atoms with E-state index in [-0.39, 0.29) is 18.1 Å². The molecule has 1 heterocycles. The van der Waals surface area contributed by atoms with E-state index in [2.05, 4.69) is 45.6 Å². The molecule has 0 atom stereocenters. The summed E-state index contributed by atoms with van der Waals surface area (Å²) in [5, 5.41) is 12.9. The first-order valence-corrected chi connectivity index (χ1v) is 12.1. The van der Waals surface area contributed by atoms with Gasteiger partial charge in [0.05, 0.1) is 17.4 Å². The van der Waals surface area contributed by atoms with Gasteiger partial charge in [-0.3, -0.25) is 4.79 Å². The fourth-order valence-electron chi connectivity index (χ4n) is 3.78. The normalized spacial score (nSPS) is 18.8. The number of rotatable bonds is 8. The Hall–Kier alpha value is -2.09. The van der Waals surface area contributed by atoms with Crippen LogP contribution in [0.15, 0.2) is 41.3 Å². The van der Waals surface area contributed by atoms with Crippen LogP contribution in [-0.2, 0) is 0 Å². The van der Waals surface area contributed by atoms with Crippen LogP contribution in [0.3, 0.4) is 0 Å². The highest BCUT2D eigenvalue weighted by Gasteiger charge is 2.24. The highest BCUT2D eigenvalue weighted by atomic mass is 32.2. The van der Waals surface area contributed by atoms with Gasteiger partial charge >= 0.3 is 0 Å². The molecule has 3 rings (SSSR count). The molecule has 6 nitrogen and oxygen atoms in total. The van der Waals surface area contributed by atoms with E-state index in [0.717, 1.165) is 50.0 Å². The molecule has 0 spiro atoms. The van der Waals surface area contributed by atoms with Crippen molar-refractivity contribution in [2.75, 3.05) is 45.4 Å². The van der Waals surface area contributed by atoms with Crippen molar-refractivity contribution in [2.24, 2.45) is 0 Å². The zero-order chi connectivity index (χ0) is 22.4. The Bertz CT molecular complexity index is 864. The van der Waals surface area contributed by atoms with Crippen LogP contribution in [0.4, 0.5) is 5.82 Å². The SMILES string of the molecule is CSc1ccc(-c2ccc(C(=O)NC3CCC(O)CC3)c(N(C)CCN(C)C)n2)cc1. The van der Waals surface area contributed by atoms with E-state index in [1.807, 2.05) is 33.3 Å². The minimum Gasteiger partial charge on any atom is -0.393 e. The van der Waals surface area contributed by atoms with Gasteiger partial charge in [-0.05, 0) is 70.3 Å². The van der Waals surface area contributed by atoms with Crippen LogP contribution in [0.5, 0.6) is 0 Å². The molecule has 2 aromatic rings. The number of nitrogens with one attached hydrogen (secondary N) is 1. The zero-order valence-corrected chi connectivity index (χ0v) is 19.8. The summed E-state index contributed by atoms with van der Waals surface area (Å²) >= 11 is 1.71. The van der Waals surface area contributed by atoms with Crippen molar-refractivity contribution in [3.8, 4) is 11.3 Å². The van der Waals surface area contributed by atoms with Crippen molar-refractivity contribution in [1.82, 2.24) is 15.2 Å². The first kappa shape index (κ1) is 23.6. The third-order valence-corrected chi connectivity index (χ3v) is 6.53. The molecule has 1 aliphatic carbocycles. The van der Waals surface area contributed by atoms with E-state index in [1.54, 1.807) is 11.8 Å². The van der Waals surface area contributed by atoms with Gasteiger partial charge in [0.2, 0.25) is 0 Å². The molecule has 7 heteroatoms. The fraction of sp³-hybridized carbons (Fsp3) is 0.500. The maximum absolute atomic E-state index is 13.1. The number of aromatic nitrogens is 1. The summed E-state index contributed by atoms with van der Waals surface area (Å²) in [6.07, 6.45) is 4.93.